The van der Waals surface area contributed by atoms with E-state index in [0.717, 1.165) is 36.8 Å². The molecular weight excluding hydrogens is 328 g/mol. The van der Waals surface area contributed by atoms with Gasteiger partial charge in [-0.25, -0.2) is 0 Å². The molecule has 1 aliphatic heterocycles. The summed E-state index contributed by atoms with van der Waals surface area (Å²) in [6.45, 7) is 6.39. The fourth-order valence-electron chi connectivity index (χ4n) is 3.29. The summed E-state index contributed by atoms with van der Waals surface area (Å²) in [6.07, 6.45) is 3.25. The predicted octanol–water partition coefficient (Wildman–Crippen LogP) is 3.73. The summed E-state index contributed by atoms with van der Waals surface area (Å²) in [7, 11) is 1.82. The first kappa shape index (κ1) is 16.9. The maximum Gasteiger partial charge on any atom is 0.0777 e. The number of ether oxygens (including phenoxy) is 1. The molecular formula is C17H27BrN2O. The quantitative estimate of drug-likeness (QED) is 0.875. The third-order valence-corrected chi connectivity index (χ3v) is 5.14. The minimum Gasteiger partial charge on any atom is -0.377 e. The maximum atomic E-state index is 6.46. The van der Waals surface area contributed by atoms with Gasteiger partial charge in [-0.2, -0.15) is 0 Å². The van der Waals surface area contributed by atoms with Gasteiger partial charge in [0.05, 0.1) is 11.6 Å². The van der Waals surface area contributed by atoms with Crippen molar-refractivity contribution in [1.82, 2.24) is 4.90 Å². The third kappa shape index (κ3) is 4.07. The minimum absolute atomic E-state index is 0.0595. The number of halogens is 1. The Morgan fingerprint density at radius 1 is 1.48 bits per heavy atom. The molecule has 0 aliphatic carbocycles. The Morgan fingerprint density at radius 2 is 2.24 bits per heavy atom. The number of methoxy groups -OCH3 is 1. The molecule has 4 heteroatoms. The second kappa shape index (κ2) is 7.23. The molecule has 0 aromatic heterocycles. The van der Waals surface area contributed by atoms with Crippen LogP contribution in [0.2, 0.25) is 0 Å². The number of nitrogens with zero attached hydrogens (tertiary/aromatic N) is 1. The lowest BCUT2D eigenvalue weighted by molar-refractivity contribution is -0.0643. The highest BCUT2D eigenvalue weighted by Gasteiger charge is 2.36. The van der Waals surface area contributed by atoms with Crippen molar-refractivity contribution in [3.05, 3.63) is 34.3 Å². The van der Waals surface area contributed by atoms with Crippen LogP contribution in [0.4, 0.5) is 0 Å². The van der Waals surface area contributed by atoms with E-state index in [1.807, 2.05) is 7.11 Å². The van der Waals surface area contributed by atoms with Gasteiger partial charge in [-0.3, -0.25) is 4.90 Å². The first-order chi connectivity index (χ1) is 9.99. The van der Waals surface area contributed by atoms with Crippen LogP contribution in [0.15, 0.2) is 28.7 Å². The van der Waals surface area contributed by atoms with E-state index in [1.54, 1.807) is 0 Å². The SMILES string of the molecule is CCC(N)C(c1cccc(Br)c1)N1CCCC(C)(OC)C1. The number of hydrogen-bond donors (Lipinski definition) is 1. The van der Waals surface area contributed by atoms with Gasteiger partial charge >= 0.3 is 0 Å². The van der Waals surface area contributed by atoms with E-state index in [2.05, 4.69) is 58.9 Å². The monoisotopic (exact) mass is 354 g/mol. The van der Waals surface area contributed by atoms with Crippen molar-refractivity contribution < 1.29 is 4.74 Å². The van der Waals surface area contributed by atoms with Crippen molar-refractivity contribution in [2.75, 3.05) is 20.2 Å². The zero-order valence-corrected chi connectivity index (χ0v) is 14.9. The minimum atomic E-state index is -0.0595. The number of nitrogens with two attached hydrogens (primary N) is 1. The Kier molecular flexibility index (Phi) is 5.83. The van der Waals surface area contributed by atoms with E-state index >= 15 is 0 Å². The predicted molar refractivity (Wildman–Crippen MR) is 91.4 cm³/mol. The largest absolute Gasteiger partial charge is 0.377 e. The summed E-state index contributed by atoms with van der Waals surface area (Å²) in [5.41, 5.74) is 7.69. The van der Waals surface area contributed by atoms with Gasteiger partial charge < -0.3 is 10.5 Å². The summed E-state index contributed by atoms with van der Waals surface area (Å²) in [4.78, 5) is 2.50. The highest BCUT2D eigenvalue weighted by Crippen LogP contribution is 2.33. The van der Waals surface area contributed by atoms with E-state index in [4.69, 9.17) is 10.5 Å². The number of benzene rings is 1. The van der Waals surface area contributed by atoms with Crippen LogP contribution in [0.5, 0.6) is 0 Å². The molecule has 0 amide bonds. The fraction of sp³-hybridized carbons (Fsp3) is 0.647. The van der Waals surface area contributed by atoms with Crippen LogP contribution in [-0.4, -0.2) is 36.7 Å². The van der Waals surface area contributed by atoms with E-state index in [-0.39, 0.29) is 17.7 Å². The molecule has 1 aliphatic rings. The topological polar surface area (TPSA) is 38.5 Å². The molecule has 2 rings (SSSR count). The zero-order valence-electron chi connectivity index (χ0n) is 13.3. The second-order valence-corrected chi connectivity index (χ2v) is 7.22. The van der Waals surface area contributed by atoms with E-state index < -0.39 is 0 Å². The number of rotatable bonds is 5. The van der Waals surface area contributed by atoms with Crippen LogP contribution in [0.3, 0.4) is 0 Å². The molecule has 3 unspecified atom stereocenters. The molecule has 0 spiro atoms. The fourth-order valence-corrected chi connectivity index (χ4v) is 3.71. The molecule has 1 aromatic carbocycles. The average molecular weight is 355 g/mol. The summed E-state index contributed by atoms with van der Waals surface area (Å²) >= 11 is 3.58. The van der Waals surface area contributed by atoms with Gasteiger partial charge in [0.15, 0.2) is 0 Å². The first-order valence-corrected chi connectivity index (χ1v) is 8.58. The summed E-state index contributed by atoms with van der Waals surface area (Å²) < 4.78 is 6.85. The van der Waals surface area contributed by atoms with Gasteiger partial charge in [0.25, 0.3) is 0 Å². The highest BCUT2D eigenvalue weighted by atomic mass is 79.9. The molecule has 0 bridgehead atoms. The molecule has 1 saturated heterocycles. The van der Waals surface area contributed by atoms with Crippen molar-refractivity contribution in [3.8, 4) is 0 Å². The average Bonchev–Trinajstić information content (AvgIpc) is 2.47. The van der Waals surface area contributed by atoms with Gasteiger partial charge in [-0.15, -0.1) is 0 Å². The van der Waals surface area contributed by atoms with Gasteiger partial charge in [-0.05, 0) is 50.4 Å². The van der Waals surface area contributed by atoms with Crippen LogP contribution in [-0.2, 0) is 4.74 Å². The summed E-state index contributed by atoms with van der Waals surface area (Å²) in [6, 6.07) is 8.92. The van der Waals surface area contributed by atoms with Gasteiger partial charge in [0, 0.05) is 24.2 Å². The Bertz CT molecular complexity index is 468. The smallest absolute Gasteiger partial charge is 0.0777 e. The Hall–Kier alpha value is -0.420. The van der Waals surface area contributed by atoms with Crippen molar-refractivity contribution >= 4 is 15.9 Å². The molecule has 1 fully saturated rings. The summed E-state index contributed by atoms with van der Waals surface area (Å²) in [5, 5.41) is 0. The van der Waals surface area contributed by atoms with E-state index in [1.165, 1.54) is 5.56 Å². The number of hydrogen-bond acceptors (Lipinski definition) is 3. The van der Waals surface area contributed by atoms with Crippen molar-refractivity contribution in [3.63, 3.8) is 0 Å². The molecule has 3 nitrogen and oxygen atoms in total. The van der Waals surface area contributed by atoms with E-state index in [0.29, 0.717) is 0 Å². The lowest BCUT2D eigenvalue weighted by atomic mass is 9.89. The van der Waals surface area contributed by atoms with Crippen LogP contribution in [0.1, 0.15) is 44.7 Å². The third-order valence-electron chi connectivity index (χ3n) is 4.64. The van der Waals surface area contributed by atoms with E-state index in [9.17, 15) is 0 Å². The molecule has 2 N–H and O–H groups in total. The maximum absolute atomic E-state index is 6.46. The number of piperidine rings is 1. The molecule has 0 radical (unpaired) electrons. The van der Waals surface area contributed by atoms with Crippen LogP contribution < -0.4 is 5.73 Å². The van der Waals surface area contributed by atoms with Gasteiger partial charge in [0.2, 0.25) is 0 Å². The standard InChI is InChI=1S/C17H27BrN2O/c1-4-15(19)16(13-7-5-8-14(18)11-13)20-10-6-9-17(2,12-20)21-3/h5,7-8,11,15-16H,4,6,9-10,12,19H2,1-3H3. The Labute approximate surface area is 137 Å². The highest BCUT2D eigenvalue weighted by molar-refractivity contribution is 9.10. The molecule has 1 heterocycles. The van der Waals surface area contributed by atoms with Gasteiger partial charge in [0.1, 0.15) is 0 Å². The molecule has 118 valence electrons. The lowest BCUT2D eigenvalue weighted by Crippen LogP contribution is -2.52. The van der Waals surface area contributed by atoms with Gasteiger partial charge in [-0.1, -0.05) is 35.0 Å². The van der Waals surface area contributed by atoms with Crippen molar-refractivity contribution in [2.24, 2.45) is 5.73 Å². The Balaban J connectivity index is 2.28. The number of likely N-dealkylation sites (tertiary alicyclic amines) is 1. The van der Waals surface area contributed by atoms with Crippen LogP contribution in [0, 0.1) is 0 Å². The molecule has 1 aromatic rings. The molecule has 21 heavy (non-hydrogen) atoms. The lowest BCUT2D eigenvalue weighted by Gasteiger charge is -2.45. The summed E-state index contributed by atoms with van der Waals surface area (Å²) in [5.74, 6) is 0. The van der Waals surface area contributed by atoms with Crippen LogP contribution in [0.25, 0.3) is 0 Å². The molecule has 3 atom stereocenters. The zero-order chi connectivity index (χ0) is 15.5. The van der Waals surface area contributed by atoms with Crippen molar-refractivity contribution in [2.45, 2.75) is 50.8 Å². The van der Waals surface area contributed by atoms with Crippen molar-refractivity contribution in [1.29, 1.82) is 0 Å². The molecule has 0 saturated carbocycles. The Morgan fingerprint density at radius 3 is 2.86 bits per heavy atom. The second-order valence-electron chi connectivity index (χ2n) is 6.30. The normalized spacial score (nSPS) is 26.5. The van der Waals surface area contributed by atoms with Crippen LogP contribution >= 0.6 is 15.9 Å². The first-order valence-electron chi connectivity index (χ1n) is 7.79.